The molecule has 6 heteroatoms. The van der Waals surface area contributed by atoms with Gasteiger partial charge < -0.3 is 14.8 Å². The van der Waals surface area contributed by atoms with Gasteiger partial charge in [-0.25, -0.2) is 0 Å². The first-order valence-corrected chi connectivity index (χ1v) is 9.57. The number of carbonyl (C=O) groups excluding carboxylic acids is 1. The lowest BCUT2D eigenvalue weighted by atomic mass is 9.87. The summed E-state index contributed by atoms with van der Waals surface area (Å²) in [7, 11) is 0. The molecular formula is C21H25ClN2O3. The van der Waals surface area contributed by atoms with E-state index < -0.39 is 5.60 Å². The highest BCUT2D eigenvalue weighted by Crippen LogP contribution is 2.31. The fraction of sp³-hybridized carbons (Fsp3) is 0.429. The average Bonchev–Trinajstić information content (AvgIpc) is 2.69. The highest BCUT2D eigenvalue weighted by atomic mass is 35.5. The van der Waals surface area contributed by atoms with E-state index in [0.717, 1.165) is 18.4 Å². The molecule has 5 nitrogen and oxygen atoms in total. The number of pyridine rings is 1. The van der Waals surface area contributed by atoms with E-state index in [-0.39, 0.29) is 11.9 Å². The predicted octanol–water partition coefficient (Wildman–Crippen LogP) is 4.18. The molecule has 1 saturated heterocycles. The summed E-state index contributed by atoms with van der Waals surface area (Å²) in [4.78, 5) is 17.3. The molecule has 2 heterocycles. The Bertz CT molecular complexity index is 744. The fourth-order valence-corrected chi connectivity index (χ4v) is 3.37. The summed E-state index contributed by atoms with van der Waals surface area (Å²) in [6.45, 7) is 4.95. The topological polar surface area (TPSA) is 60.5 Å². The molecule has 144 valence electrons. The number of rotatable bonds is 6. The van der Waals surface area contributed by atoms with E-state index in [1.165, 1.54) is 0 Å². The third-order valence-electron chi connectivity index (χ3n) is 4.80. The van der Waals surface area contributed by atoms with Gasteiger partial charge >= 0.3 is 0 Å². The van der Waals surface area contributed by atoms with Gasteiger partial charge in [0.05, 0.1) is 6.04 Å². The first-order valence-electron chi connectivity index (χ1n) is 9.19. The second-order valence-electron chi connectivity index (χ2n) is 7.25. The van der Waals surface area contributed by atoms with E-state index in [1.54, 1.807) is 44.3 Å². The van der Waals surface area contributed by atoms with Crippen LogP contribution in [0, 0.1) is 5.92 Å². The molecule has 0 bridgehead atoms. The van der Waals surface area contributed by atoms with Gasteiger partial charge in [-0.3, -0.25) is 9.78 Å². The van der Waals surface area contributed by atoms with Gasteiger partial charge in [-0.2, -0.15) is 0 Å². The van der Waals surface area contributed by atoms with Crippen LogP contribution in [0.25, 0.3) is 0 Å². The number of hydrogen-bond donors (Lipinski definition) is 1. The van der Waals surface area contributed by atoms with Crippen molar-refractivity contribution in [1.82, 2.24) is 10.3 Å². The fourth-order valence-electron chi connectivity index (χ4n) is 3.24. The zero-order valence-corrected chi connectivity index (χ0v) is 16.4. The van der Waals surface area contributed by atoms with Crippen LogP contribution < -0.4 is 10.1 Å². The van der Waals surface area contributed by atoms with Crippen LogP contribution in [0.3, 0.4) is 0 Å². The number of nitrogens with zero attached hydrogens (tertiary/aromatic N) is 1. The van der Waals surface area contributed by atoms with E-state index >= 15 is 0 Å². The number of ether oxygens (including phenoxy) is 2. The van der Waals surface area contributed by atoms with Crippen LogP contribution in [0.2, 0.25) is 5.02 Å². The molecule has 1 unspecified atom stereocenters. The zero-order valence-electron chi connectivity index (χ0n) is 15.7. The van der Waals surface area contributed by atoms with Crippen LogP contribution in [-0.2, 0) is 9.53 Å². The van der Waals surface area contributed by atoms with Crippen LogP contribution in [-0.4, -0.2) is 29.7 Å². The minimum Gasteiger partial charge on any atom is -0.478 e. The quantitative estimate of drug-likeness (QED) is 0.806. The number of carbonyl (C=O) groups is 1. The summed E-state index contributed by atoms with van der Waals surface area (Å²) in [5.74, 6) is 0.736. The summed E-state index contributed by atoms with van der Waals surface area (Å²) in [5.41, 5.74) is -0.0283. The normalized spacial score (nSPS) is 16.6. The molecule has 0 aliphatic carbocycles. The van der Waals surface area contributed by atoms with Crippen LogP contribution in [0.1, 0.15) is 38.3 Å². The molecule has 27 heavy (non-hydrogen) atoms. The van der Waals surface area contributed by atoms with Gasteiger partial charge in [0.15, 0.2) is 5.60 Å². The molecule has 1 aliphatic rings. The smallest absolute Gasteiger partial charge is 0.264 e. The highest BCUT2D eigenvalue weighted by Gasteiger charge is 2.35. The molecule has 3 rings (SSSR count). The Morgan fingerprint density at radius 1 is 1.26 bits per heavy atom. The monoisotopic (exact) mass is 388 g/mol. The second kappa shape index (κ2) is 8.72. The van der Waals surface area contributed by atoms with Crippen molar-refractivity contribution in [3.8, 4) is 5.75 Å². The Labute approximate surface area is 165 Å². The van der Waals surface area contributed by atoms with Crippen LogP contribution in [0.4, 0.5) is 0 Å². The van der Waals surface area contributed by atoms with Crippen molar-refractivity contribution in [3.05, 3.63) is 59.4 Å². The third kappa shape index (κ3) is 5.21. The Morgan fingerprint density at radius 3 is 2.59 bits per heavy atom. The van der Waals surface area contributed by atoms with Crippen molar-refractivity contribution in [1.29, 1.82) is 0 Å². The zero-order chi connectivity index (χ0) is 19.3. The Hall–Kier alpha value is -2.11. The molecule has 1 N–H and O–H groups in total. The minimum absolute atomic E-state index is 0.122. The van der Waals surface area contributed by atoms with Crippen LogP contribution >= 0.6 is 11.6 Å². The maximum atomic E-state index is 13.0. The first kappa shape index (κ1) is 19.6. The SMILES string of the molecule is CC(C)(Oc1ccc(Cl)cc1)C(=O)NC(c1cccnc1)C1CCOCC1. The summed E-state index contributed by atoms with van der Waals surface area (Å²) >= 11 is 5.92. The van der Waals surface area contributed by atoms with E-state index in [1.807, 2.05) is 18.3 Å². The second-order valence-corrected chi connectivity index (χ2v) is 7.69. The number of aromatic nitrogens is 1. The molecule has 0 spiro atoms. The van der Waals surface area contributed by atoms with Gasteiger partial charge in [0.1, 0.15) is 5.75 Å². The summed E-state index contributed by atoms with van der Waals surface area (Å²) in [6.07, 6.45) is 5.35. The third-order valence-corrected chi connectivity index (χ3v) is 5.05. The lowest BCUT2D eigenvalue weighted by molar-refractivity contribution is -0.135. The van der Waals surface area contributed by atoms with E-state index in [9.17, 15) is 4.79 Å². The lowest BCUT2D eigenvalue weighted by Gasteiger charge is -2.34. The standard InChI is InChI=1S/C21H25ClN2O3/c1-21(2,27-18-7-5-17(22)6-8-18)20(25)24-19(15-9-12-26-13-10-15)16-4-3-11-23-14-16/h3-8,11,14-15,19H,9-10,12-13H2,1-2H3,(H,24,25). The van der Waals surface area contributed by atoms with E-state index in [0.29, 0.717) is 29.9 Å². The van der Waals surface area contributed by atoms with Crippen molar-refractivity contribution in [2.75, 3.05) is 13.2 Å². The van der Waals surface area contributed by atoms with Crippen LogP contribution in [0.5, 0.6) is 5.75 Å². The number of halogens is 1. The molecule has 1 aromatic carbocycles. The summed E-state index contributed by atoms with van der Waals surface area (Å²) in [6, 6.07) is 10.8. The van der Waals surface area contributed by atoms with Gasteiger partial charge in [0.2, 0.25) is 0 Å². The molecule has 1 fully saturated rings. The predicted molar refractivity (Wildman–Crippen MR) is 105 cm³/mol. The van der Waals surface area contributed by atoms with Gasteiger partial charge in [0.25, 0.3) is 5.91 Å². The number of hydrogen-bond acceptors (Lipinski definition) is 4. The van der Waals surface area contributed by atoms with E-state index in [2.05, 4.69) is 10.3 Å². The molecule has 1 aromatic heterocycles. The van der Waals surface area contributed by atoms with Crippen molar-refractivity contribution in [3.63, 3.8) is 0 Å². The van der Waals surface area contributed by atoms with Crippen molar-refractivity contribution in [2.24, 2.45) is 5.92 Å². The lowest BCUT2D eigenvalue weighted by Crippen LogP contribution is -2.49. The Balaban J connectivity index is 1.75. The molecule has 1 aliphatic heterocycles. The molecule has 0 saturated carbocycles. The van der Waals surface area contributed by atoms with Crippen molar-refractivity contribution >= 4 is 17.5 Å². The summed E-state index contributed by atoms with van der Waals surface area (Å²) in [5, 5.41) is 3.82. The number of benzene rings is 1. The molecule has 2 aromatic rings. The molecule has 0 radical (unpaired) electrons. The maximum absolute atomic E-state index is 13.0. The molecule has 1 atom stereocenters. The van der Waals surface area contributed by atoms with Gasteiger partial charge in [-0.05, 0) is 68.5 Å². The van der Waals surface area contributed by atoms with Crippen molar-refractivity contribution < 1.29 is 14.3 Å². The average molecular weight is 389 g/mol. The molecular weight excluding hydrogens is 364 g/mol. The van der Waals surface area contributed by atoms with Crippen LogP contribution in [0.15, 0.2) is 48.8 Å². The Morgan fingerprint density at radius 2 is 1.96 bits per heavy atom. The van der Waals surface area contributed by atoms with E-state index in [4.69, 9.17) is 21.1 Å². The first-order chi connectivity index (χ1) is 13.0. The van der Waals surface area contributed by atoms with Gasteiger partial charge in [-0.15, -0.1) is 0 Å². The minimum atomic E-state index is -1.03. The highest BCUT2D eigenvalue weighted by molar-refractivity contribution is 6.30. The van der Waals surface area contributed by atoms with Crippen molar-refractivity contribution in [2.45, 2.75) is 38.3 Å². The maximum Gasteiger partial charge on any atom is 0.264 e. The largest absolute Gasteiger partial charge is 0.478 e. The Kier molecular flexibility index (Phi) is 6.34. The van der Waals surface area contributed by atoms with Gasteiger partial charge in [0, 0.05) is 30.6 Å². The number of nitrogens with one attached hydrogen (secondary N) is 1. The molecule has 1 amide bonds. The summed E-state index contributed by atoms with van der Waals surface area (Å²) < 4.78 is 11.4. The number of amides is 1. The van der Waals surface area contributed by atoms with Gasteiger partial charge in [-0.1, -0.05) is 17.7 Å².